The number of Topliss-reactive ketones (excluding diaryl/α,β-unsaturated/α-hetero) is 1. The van der Waals surface area contributed by atoms with Gasteiger partial charge in [-0.15, -0.1) is 0 Å². The van der Waals surface area contributed by atoms with Crippen molar-refractivity contribution in [3.05, 3.63) is 70.8 Å². The lowest BCUT2D eigenvalue weighted by molar-refractivity contribution is 0.0966. The van der Waals surface area contributed by atoms with Crippen LogP contribution in [-0.4, -0.2) is 11.2 Å². The van der Waals surface area contributed by atoms with Gasteiger partial charge >= 0.3 is 0 Å². The van der Waals surface area contributed by atoms with Gasteiger partial charge in [-0.2, -0.15) is 0 Å². The number of carbonyl (C=O) groups excluding carboxylic acids is 1. The van der Waals surface area contributed by atoms with Crippen LogP contribution in [0.5, 0.6) is 0 Å². The number of aryl methyl sites for hydroxylation is 1. The first-order chi connectivity index (χ1) is 9.11. The van der Waals surface area contributed by atoms with E-state index in [0.29, 0.717) is 0 Å². The van der Waals surface area contributed by atoms with E-state index in [-0.39, 0.29) is 11.7 Å². The molecule has 2 aromatic carbocycles. The molecular formula is C17H16OS. The summed E-state index contributed by atoms with van der Waals surface area (Å²) in [6.45, 7) is 3.94. The molecule has 2 aromatic rings. The first kappa shape index (κ1) is 13.6. The van der Waals surface area contributed by atoms with E-state index in [9.17, 15) is 4.79 Å². The van der Waals surface area contributed by atoms with Crippen molar-refractivity contribution in [1.82, 2.24) is 0 Å². The maximum Gasteiger partial charge on any atom is 0.170 e. The molecule has 0 N–H and O–H groups in total. The van der Waals surface area contributed by atoms with E-state index in [1.165, 1.54) is 0 Å². The molecule has 0 saturated carbocycles. The molecule has 96 valence electrons. The highest BCUT2D eigenvalue weighted by atomic mass is 32.1. The lowest BCUT2D eigenvalue weighted by Gasteiger charge is -2.11. The van der Waals surface area contributed by atoms with Gasteiger partial charge < -0.3 is 0 Å². The molecule has 0 radical (unpaired) electrons. The summed E-state index contributed by atoms with van der Waals surface area (Å²) in [5.74, 6) is 0.0137. The third-order valence-corrected chi connectivity index (χ3v) is 3.54. The maximum atomic E-state index is 12.4. The summed E-state index contributed by atoms with van der Waals surface area (Å²) in [6, 6.07) is 15.6. The smallest absolute Gasteiger partial charge is 0.170 e. The van der Waals surface area contributed by atoms with Gasteiger partial charge in [-0.25, -0.2) is 0 Å². The molecule has 0 aliphatic heterocycles. The summed E-state index contributed by atoms with van der Waals surface area (Å²) in [6.07, 6.45) is 0. The Bertz CT molecular complexity index is 599. The summed E-state index contributed by atoms with van der Waals surface area (Å²) in [5, 5.41) is 1.64. The average molecular weight is 268 g/mol. The van der Waals surface area contributed by atoms with Crippen LogP contribution in [0.25, 0.3) is 0 Å². The number of thiocarbonyl (C=S) groups is 1. The number of hydrogen-bond acceptors (Lipinski definition) is 2. The van der Waals surface area contributed by atoms with Gasteiger partial charge in [-0.05, 0) is 24.1 Å². The third kappa shape index (κ3) is 3.15. The van der Waals surface area contributed by atoms with Crippen LogP contribution in [0.3, 0.4) is 0 Å². The fraction of sp³-hybridized carbons (Fsp3) is 0.176. The lowest BCUT2D eigenvalue weighted by Crippen LogP contribution is -2.09. The minimum absolute atomic E-state index is 0.138. The second kappa shape index (κ2) is 5.89. The Labute approximate surface area is 119 Å². The second-order valence-electron chi connectivity index (χ2n) is 4.74. The number of carbonyl (C=O) groups is 1. The minimum Gasteiger partial charge on any atom is -0.294 e. The molecule has 0 fully saturated rings. The molecule has 0 bridgehead atoms. The molecule has 1 nitrogen and oxygen atoms in total. The van der Waals surface area contributed by atoms with E-state index < -0.39 is 0 Å². The second-order valence-corrected chi connectivity index (χ2v) is 4.98. The largest absolute Gasteiger partial charge is 0.294 e. The van der Waals surface area contributed by atoms with Crippen molar-refractivity contribution in [2.45, 2.75) is 19.8 Å². The van der Waals surface area contributed by atoms with Crippen LogP contribution in [0.1, 0.15) is 39.9 Å². The zero-order valence-electron chi connectivity index (χ0n) is 11.1. The normalized spacial score (nSPS) is 11.9. The van der Waals surface area contributed by atoms with Crippen molar-refractivity contribution in [3.63, 3.8) is 0 Å². The maximum absolute atomic E-state index is 12.4. The van der Waals surface area contributed by atoms with E-state index in [2.05, 4.69) is 0 Å². The van der Waals surface area contributed by atoms with Gasteiger partial charge in [-0.3, -0.25) is 4.79 Å². The van der Waals surface area contributed by atoms with Crippen LogP contribution in [0.4, 0.5) is 0 Å². The van der Waals surface area contributed by atoms with Gasteiger partial charge in [0.15, 0.2) is 5.78 Å². The van der Waals surface area contributed by atoms with Crippen LogP contribution < -0.4 is 0 Å². The van der Waals surface area contributed by atoms with E-state index >= 15 is 0 Å². The molecule has 0 spiro atoms. The predicted molar refractivity (Wildman–Crippen MR) is 83.1 cm³/mol. The summed E-state index contributed by atoms with van der Waals surface area (Å²) in [5.41, 5.74) is 3.89. The molecule has 0 saturated heterocycles. The van der Waals surface area contributed by atoms with Gasteiger partial charge in [0.2, 0.25) is 0 Å². The number of hydrogen-bond donors (Lipinski definition) is 0. The number of rotatable bonds is 4. The van der Waals surface area contributed by atoms with Gasteiger partial charge in [-0.1, -0.05) is 67.2 Å². The average Bonchev–Trinajstić information content (AvgIpc) is 2.46. The number of ketones is 1. The zero-order valence-corrected chi connectivity index (χ0v) is 11.9. The molecule has 19 heavy (non-hydrogen) atoms. The minimum atomic E-state index is -0.138. The zero-order chi connectivity index (χ0) is 13.8. The summed E-state index contributed by atoms with van der Waals surface area (Å²) in [4.78, 5) is 12.4. The summed E-state index contributed by atoms with van der Waals surface area (Å²) < 4.78 is 0. The predicted octanol–water partition coefficient (Wildman–Crippen LogP) is 4.33. The fourth-order valence-corrected chi connectivity index (χ4v) is 2.22. The standard InChI is InChI=1S/C17H16OS/c1-12-4-3-5-16(10-12)17(18)13(2)15-8-6-14(11-19)7-9-15/h3-11,13H,1-2H3. The molecule has 0 aromatic heterocycles. The van der Waals surface area contributed by atoms with Crippen molar-refractivity contribution in [1.29, 1.82) is 0 Å². The highest BCUT2D eigenvalue weighted by molar-refractivity contribution is 7.79. The van der Waals surface area contributed by atoms with Crippen molar-refractivity contribution in [2.75, 3.05) is 0 Å². The Morgan fingerprint density at radius 3 is 2.42 bits per heavy atom. The molecule has 1 unspecified atom stereocenters. The van der Waals surface area contributed by atoms with Crippen LogP contribution in [0.15, 0.2) is 48.5 Å². The highest BCUT2D eigenvalue weighted by Crippen LogP contribution is 2.21. The molecule has 2 heteroatoms. The monoisotopic (exact) mass is 268 g/mol. The molecule has 2 rings (SSSR count). The number of benzene rings is 2. The Morgan fingerprint density at radius 1 is 1.16 bits per heavy atom. The Hall–Kier alpha value is -1.80. The fourth-order valence-electron chi connectivity index (χ4n) is 2.06. The quantitative estimate of drug-likeness (QED) is 0.606. The van der Waals surface area contributed by atoms with E-state index in [1.807, 2.05) is 62.4 Å². The molecule has 0 aliphatic carbocycles. The van der Waals surface area contributed by atoms with Gasteiger partial charge in [0.25, 0.3) is 0 Å². The Kier molecular flexibility index (Phi) is 4.23. The molecule has 1 atom stereocenters. The van der Waals surface area contributed by atoms with Gasteiger partial charge in [0.1, 0.15) is 0 Å². The summed E-state index contributed by atoms with van der Waals surface area (Å²) >= 11 is 4.88. The van der Waals surface area contributed by atoms with Crippen LogP contribution >= 0.6 is 12.2 Å². The van der Waals surface area contributed by atoms with E-state index in [1.54, 1.807) is 5.37 Å². The van der Waals surface area contributed by atoms with Crippen molar-refractivity contribution in [3.8, 4) is 0 Å². The van der Waals surface area contributed by atoms with Gasteiger partial charge in [0.05, 0.1) is 0 Å². The van der Waals surface area contributed by atoms with E-state index in [4.69, 9.17) is 12.2 Å². The first-order valence-corrected chi connectivity index (χ1v) is 6.75. The molecular weight excluding hydrogens is 252 g/mol. The molecule has 0 heterocycles. The Balaban J connectivity index is 2.25. The topological polar surface area (TPSA) is 17.1 Å². The Morgan fingerprint density at radius 2 is 1.84 bits per heavy atom. The third-order valence-electron chi connectivity index (χ3n) is 3.27. The van der Waals surface area contributed by atoms with Crippen LogP contribution in [0.2, 0.25) is 0 Å². The first-order valence-electron chi connectivity index (χ1n) is 6.28. The van der Waals surface area contributed by atoms with Crippen LogP contribution in [0, 0.1) is 6.92 Å². The lowest BCUT2D eigenvalue weighted by atomic mass is 9.91. The summed E-state index contributed by atoms with van der Waals surface area (Å²) in [7, 11) is 0. The SMILES string of the molecule is Cc1cccc(C(=O)C(C)c2ccc(C=S)cc2)c1. The van der Waals surface area contributed by atoms with Crippen LogP contribution in [-0.2, 0) is 0 Å². The van der Waals surface area contributed by atoms with E-state index in [0.717, 1.165) is 22.3 Å². The highest BCUT2D eigenvalue weighted by Gasteiger charge is 2.16. The molecule has 0 aliphatic rings. The van der Waals surface area contributed by atoms with Crippen molar-refractivity contribution >= 4 is 23.4 Å². The van der Waals surface area contributed by atoms with Crippen molar-refractivity contribution in [2.24, 2.45) is 0 Å². The molecule has 0 amide bonds. The van der Waals surface area contributed by atoms with Crippen molar-refractivity contribution < 1.29 is 4.79 Å². The van der Waals surface area contributed by atoms with Gasteiger partial charge in [0, 0.05) is 16.8 Å².